The highest BCUT2D eigenvalue weighted by molar-refractivity contribution is 5.96. The molecular weight excluding hydrogens is 317 g/mol. The van der Waals surface area contributed by atoms with Crippen molar-refractivity contribution < 1.29 is 18.0 Å². The molecule has 0 aliphatic rings. The summed E-state index contributed by atoms with van der Waals surface area (Å²) in [6, 6.07) is 6.30. The molecule has 1 aromatic carbocycles. The van der Waals surface area contributed by atoms with E-state index in [1.54, 1.807) is 19.1 Å². The van der Waals surface area contributed by atoms with E-state index < -0.39 is 17.8 Å². The van der Waals surface area contributed by atoms with Gasteiger partial charge in [-0.05, 0) is 51.5 Å². The van der Waals surface area contributed by atoms with Gasteiger partial charge in [-0.1, -0.05) is 12.1 Å². The zero-order valence-electron chi connectivity index (χ0n) is 14.2. The monoisotopic (exact) mass is 338 g/mol. The van der Waals surface area contributed by atoms with Crippen LogP contribution in [0.3, 0.4) is 0 Å². The molecule has 0 fully saturated rings. The van der Waals surface area contributed by atoms with Crippen LogP contribution in [0.4, 0.5) is 13.2 Å². The van der Waals surface area contributed by atoms with E-state index in [9.17, 15) is 18.0 Å². The fraction of sp³-hybridized carbons (Fsp3) is 0.389. The molecule has 1 unspecified atom stereocenters. The van der Waals surface area contributed by atoms with Crippen molar-refractivity contribution in [3.8, 4) is 0 Å². The van der Waals surface area contributed by atoms with Gasteiger partial charge in [-0.25, -0.2) is 0 Å². The van der Waals surface area contributed by atoms with Crippen molar-refractivity contribution in [2.75, 3.05) is 0 Å². The van der Waals surface area contributed by atoms with Gasteiger partial charge in [-0.2, -0.15) is 13.2 Å². The van der Waals surface area contributed by atoms with Gasteiger partial charge < -0.3 is 9.88 Å². The van der Waals surface area contributed by atoms with Crippen molar-refractivity contribution in [1.29, 1.82) is 0 Å². The standard InChI is InChI=1S/C18H21F3N2O/c1-5-23-11(2)9-16(13(23)4)17(24)22-12(3)14-7-6-8-15(10-14)18(19,20)21/h6-10,12H,5H2,1-4H3,(H,22,24). The number of rotatable bonds is 4. The van der Waals surface area contributed by atoms with Gasteiger partial charge in [-0.3, -0.25) is 4.79 Å². The molecule has 0 bridgehead atoms. The predicted molar refractivity (Wildman–Crippen MR) is 86.9 cm³/mol. The molecule has 1 amide bonds. The number of aryl methyl sites for hydroxylation is 1. The highest BCUT2D eigenvalue weighted by Crippen LogP contribution is 2.30. The van der Waals surface area contributed by atoms with Crippen molar-refractivity contribution in [2.45, 2.75) is 46.5 Å². The Bertz CT molecular complexity index is 747. The first-order valence-corrected chi connectivity index (χ1v) is 7.80. The van der Waals surface area contributed by atoms with Crippen molar-refractivity contribution in [2.24, 2.45) is 0 Å². The molecule has 0 saturated carbocycles. The summed E-state index contributed by atoms with van der Waals surface area (Å²) >= 11 is 0. The second-order valence-corrected chi connectivity index (χ2v) is 5.85. The van der Waals surface area contributed by atoms with Gasteiger partial charge in [0.1, 0.15) is 0 Å². The molecule has 0 radical (unpaired) electrons. The number of halogens is 3. The summed E-state index contributed by atoms with van der Waals surface area (Å²) in [6.07, 6.45) is -4.40. The third-order valence-electron chi connectivity index (χ3n) is 4.20. The maximum atomic E-state index is 12.8. The van der Waals surface area contributed by atoms with Crippen LogP contribution in [0.5, 0.6) is 0 Å². The van der Waals surface area contributed by atoms with E-state index in [1.807, 2.05) is 25.3 Å². The number of benzene rings is 1. The zero-order chi connectivity index (χ0) is 18.1. The van der Waals surface area contributed by atoms with Crippen LogP contribution in [0.15, 0.2) is 30.3 Å². The minimum absolute atomic E-state index is 0.285. The Balaban J connectivity index is 2.21. The summed E-state index contributed by atoms with van der Waals surface area (Å²) in [6.45, 7) is 8.21. The van der Waals surface area contributed by atoms with Crippen molar-refractivity contribution in [3.63, 3.8) is 0 Å². The number of hydrogen-bond acceptors (Lipinski definition) is 1. The zero-order valence-corrected chi connectivity index (χ0v) is 14.2. The van der Waals surface area contributed by atoms with E-state index in [1.165, 1.54) is 6.07 Å². The first-order chi connectivity index (χ1) is 11.1. The molecule has 0 aliphatic carbocycles. The number of hydrogen-bond donors (Lipinski definition) is 1. The topological polar surface area (TPSA) is 34.0 Å². The van der Waals surface area contributed by atoms with Crippen LogP contribution in [0.25, 0.3) is 0 Å². The van der Waals surface area contributed by atoms with E-state index >= 15 is 0 Å². The van der Waals surface area contributed by atoms with Gasteiger partial charge in [0.25, 0.3) is 5.91 Å². The second-order valence-electron chi connectivity index (χ2n) is 5.85. The second kappa shape index (κ2) is 6.71. The molecule has 2 aromatic rings. The predicted octanol–water partition coefficient (Wildman–Crippen LogP) is 4.63. The minimum Gasteiger partial charge on any atom is -0.349 e. The quantitative estimate of drug-likeness (QED) is 0.866. The van der Waals surface area contributed by atoms with E-state index in [2.05, 4.69) is 5.32 Å². The van der Waals surface area contributed by atoms with Gasteiger partial charge >= 0.3 is 6.18 Å². The highest BCUT2D eigenvalue weighted by Gasteiger charge is 2.30. The van der Waals surface area contributed by atoms with Crippen molar-refractivity contribution >= 4 is 5.91 Å². The normalized spacial score (nSPS) is 13.0. The number of aromatic nitrogens is 1. The van der Waals surface area contributed by atoms with Gasteiger partial charge in [-0.15, -0.1) is 0 Å². The first kappa shape index (κ1) is 18.1. The lowest BCUT2D eigenvalue weighted by atomic mass is 10.0. The summed E-state index contributed by atoms with van der Waals surface area (Å²) in [5.41, 5.74) is 2.08. The van der Waals surface area contributed by atoms with E-state index in [4.69, 9.17) is 0 Å². The van der Waals surface area contributed by atoms with E-state index in [0.717, 1.165) is 30.1 Å². The maximum Gasteiger partial charge on any atom is 0.416 e. The molecule has 3 nitrogen and oxygen atoms in total. The molecule has 0 saturated heterocycles. The number of nitrogens with zero attached hydrogens (tertiary/aromatic N) is 1. The molecule has 24 heavy (non-hydrogen) atoms. The molecule has 130 valence electrons. The van der Waals surface area contributed by atoms with E-state index in [-0.39, 0.29) is 5.91 Å². The SMILES string of the molecule is CCn1c(C)cc(C(=O)NC(C)c2cccc(C(F)(F)F)c2)c1C. The Morgan fingerprint density at radius 1 is 1.25 bits per heavy atom. The average molecular weight is 338 g/mol. The lowest BCUT2D eigenvalue weighted by Gasteiger charge is -2.16. The molecule has 1 heterocycles. The van der Waals surface area contributed by atoms with Gasteiger partial charge in [0.2, 0.25) is 0 Å². The van der Waals surface area contributed by atoms with Crippen LogP contribution < -0.4 is 5.32 Å². The third kappa shape index (κ3) is 3.63. The summed E-state index contributed by atoms with van der Waals surface area (Å²) in [5, 5.41) is 2.78. The van der Waals surface area contributed by atoms with Crippen LogP contribution >= 0.6 is 0 Å². The molecule has 2 rings (SSSR count). The molecule has 0 spiro atoms. The number of amides is 1. The summed E-state index contributed by atoms with van der Waals surface area (Å²) in [5.74, 6) is -0.285. The van der Waals surface area contributed by atoms with Crippen LogP contribution in [0, 0.1) is 13.8 Å². The highest BCUT2D eigenvalue weighted by atomic mass is 19.4. The number of alkyl halides is 3. The smallest absolute Gasteiger partial charge is 0.349 e. The minimum atomic E-state index is -4.40. The molecule has 1 N–H and O–H groups in total. The fourth-order valence-corrected chi connectivity index (χ4v) is 2.86. The average Bonchev–Trinajstić information content (AvgIpc) is 2.80. The van der Waals surface area contributed by atoms with Gasteiger partial charge in [0.05, 0.1) is 17.2 Å². The van der Waals surface area contributed by atoms with Gasteiger partial charge in [0.15, 0.2) is 0 Å². The summed E-state index contributed by atoms with van der Waals surface area (Å²) < 4.78 is 40.4. The number of nitrogens with one attached hydrogen (secondary N) is 1. The van der Waals surface area contributed by atoms with E-state index in [0.29, 0.717) is 11.1 Å². The van der Waals surface area contributed by atoms with Crippen LogP contribution in [0.2, 0.25) is 0 Å². The van der Waals surface area contributed by atoms with Crippen LogP contribution in [-0.4, -0.2) is 10.5 Å². The van der Waals surface area contributed by atoms with Crippen LogP contribution in [-0.2, 0) is 12.7 Å². The third-order valence-corrected chi connectivity index (χ3v) is 4.20. The maximum absolute atomic E-state index is 12.8. The molecule has 6 heteroatoms. The fourth-order valence-electron chi connectivity index (χ4n) is 2.86. The van der Waals surface area contributed by atoms with Crippen LogP contribution in [0.1, 0.15) is 52.8 Å². The molecule has 0 aliphatic heterocycles. The Kier molecular flexibility index (Phi) is 5.06. The Labute approximate surface area is 139 Å². The Hall–Kier alpha value is -2.24. The molecule has 1 atom stereocenters. The lowest BCUT2D eigenvalue weighted by Crippen LogP contribution is -2.27. The molecule has 1 aromatic heterocycles. The van der Waals surface area contributed by atoms with Crippen molar-refractivity contribution in [1.82, 2.24) is 9.88 Å². The first-order valence-electron chi connectivity index (χ1n) is 7.80. The largest absolute Gasteiger partial charge is 0.416 e. The Morgan fingerprint density at radius 2 is 1.92 bits per heavy atom. The van der Waals surface area contributed by atoms with Crippen molar-refractivity contribution in [3.05, 3.63) is 58.4 Å². The summed E-state index contributed by atoms with van der Waals surface area (Å²) in [4.78, 5) is 12.5. The van der Waals surface area contributed by atoms with Gasteiger partial charge in [0, 0.05) is 17.9 Å². The lowest BCUT2D eigenvalue weighted by molar-refractivity contribution is -0.137. The number of carbonyl (C=O) groups excluding carboxylic acids is 1. The number of carbonyl (C=O) groups is 1. The summed E-state index contributed by atoms with van der Waals surface area (Å²) in [7, 11) is 0. The molecular formula is C18H21F3N2O. The Morgan fingerprint density at radius 3 is 2.46 bits per heavy atom.